The van der Waals surface area contributed by atoms with E-state index in [1.807, 2.05) is 6.92 Å². The summed E-state index contributed by atoms with van der Waals surface area (Å²) in [7, 11) is -3.84. The van der Waals surface area contributed by atoms with E-state index in [1.54, 1.807) is 6.92 Å². The van der Waals surface area contributed by atoms with Crippen molar-refractivity contribution in [2.75, 3.05) is 0 Å². The van der Waals surface area contributed by atoms with Gasteiger partial charge < -0.3 is 0 Å². The van der Waals surface area contributed by atoms with Crippen LogP contribution < -0.4 is 4.72 Å². The van der Waals surface area contributed by atoms with Crippen molar-refractivity contribution in [2.24, 2.45) is 0 Å². The van der Waals surface area contributed by atoms with E-state index >= 15 is 0 Å². The van der Waals surface area contributed by atoms with Crippen LogP contribution in [-0.2, 0) is 10.0 Å². The molecule has 0 spiro atoms. The average molecular weight is 258 g/mol. The fourth-order valence-electron chi connectivity index (χ4n) is 1.25. The standard InChI is InChI=1S/C10H14N2O4S/c1-3-8(2)11-17(15,16)10-7-5-4-6-9(10)12(13)14/h4-8,11H,3H2,1-2H3. The molecule has 7 heteroatoms. The van der Waals surface area contributed by atoms with Crippen LogP contribution in [0.1, 0.15) is 20.3 Å². The number of nitro groups is 1. The van der Waals surface area contributed by atoms with Gasteiger partial charge in [-0.25, -0.2) is 13.1 Å². The van der Waals surface area contributed by atoms with Crippen LogP contribution in [0.2, 0.25) is 0 Å². The Kier molecular flexibility index (Phi) is 4.19. The molecule has 0 heterocycles. The summed E-state index contributed by atoms with van der Waals surface area (Å²) < 4.78 is 26.2. The minimum atomic E-state index is -3.84. The molecule has 0 aliphatic carbocycles. The molecule has 0 aromatic heterocycles. The maximum Gasteiger partial charge on any atom is 0.289 e. The number of sulfonamides is 1. The van der Waals surface area contributed by atoms with Gasteiger partial charge in [-0.15, -0.1) is 0 Å². The van der Waals surface area contributed by atoms with Gasteiger partial charge in [0.2, 0.25) is 10.0 Å². The zero-order chi connectivity index (χ0) is 13.1. The number of rotatable bonds is 5. The Balaban J connectivity index is 3.20. The van der Waals surface area contributed by atoms with Crippen LogP contribution in [-0.4, -0.2) is 19.4 Å². The lowest BCUT2D eigenvalue weighted by molar-refractivity contribution is -0.387. The van der Waals surface area contributed by atoms with E-state index in [2.05, 4.69) is 4.72 Å². The highest BCUT2D eigenvalue weighted by Gasteiger charge is 2.25. The molecule has 0 radical (unpaired) electrons. The number of hydrogen-bond acceptors (Lipinski definition) is 4. The van der Waals surface area contributed by atoms with Gasteiger partial charge in [0, 0.05) is 12.1 Å². The molecule has 0 saturated carbocycles. The van der Waals surface area contributed by atoms with Crippen molar-refractivity contribution >= 4 is 15.7 Å². The van der Waals surface area contributed by atoms with Crippen LogP contribution in [0.15, 0.2) is 29.2 Å². The molecule has 6 nitrogen and oxygen atoms in total. The molecule has 0 bridgehead atoms. The van der Waals surface area contributed by atoms with Gasteiger partial charge in [0.1, 0.15) is 0 Å². The zero-order valence-corrected chi connectivity index (χ0v) is 10.4. The highest BCUT2D eigenvalue weighted by molar-refractivity contribution is 7.89. The van der Waals surface area contributed by atoms with Crippen molar-refractivity contribution in [3.05, 3.63) is 34.4 Å². The maximum atomic E-state index is 11.9. The second-order valence-corrected chi connectivity index (χ2v) is 5.34. The van der Waals surface area contributed by atoms with Gasteiger partial charge in [0.25, 0.3) is 5.69 Å². The first kappa shape index (κ1) is 13.6. The molecule has 1 aromatic rings. The van der Waals surface area contributed by atoms with Crippen molar-refractivity contribution in [1.29, 1.82) is 0 Å². The summed E-state index contributed by atoms with van der Waals surface area (Å²) in [5, 5.41) is 10.7. The predicted molar refractivity (Wildman–Crippen MR) is 63.2 cm³/mol. The lowest BCUT2D eigenvalue weighted by Gasteiger charge is -2.11. The number of para-hydroxylation sites is 1. The van der Waals surface area contributed by atoms with Crippen molar-refractivity contribution in [3.63, 3.8) is 0 Å². The average Bonchev–Trinajstić information content (AvgIpc) is 2.28. The van der Waals surface area contributed by atoms with Gasteiger partial charge in [-0.3, -0.25) is 10.1 Å². The van der Waals surface area contributed by atoms with E-state index in [0.29, 0.717) is 6.42 Å². The third-order valence-electron chi connectivity index (χ3n) is 2.32. The van der Waals surface area contributed by atoms with E-state index in [1.165, 1.54) is 24.3 Å². The summed E-state index contributed by atoms with van der Waals surface area (Å²) >= 11 is 0. The Morgan fingerprint density at radius 2 is 2.00 bits per heavy atom. The number of nitrogens with zero attached hydrogens (tertiary/aromatic N) is 1. The summed E-state index contributed by atoms with van der Waals surface area (Å²) in [6.45, 7) is 3.53. The van der Waals surface area contributed by atoms with Gasteiger partial charge in [-0.2, -0.15) is 0 Å². The Bertz CT molecular complexity index is 513. The van der Waals surface area contributed by atoms with Crippen molar-refractivity contribution in [2.45, 2.75) is 31.2 Å². The smallest absolute Gasteiger partial charge is 0.258 e. The molecule has 0 fully saturated rings. The van der Waals surface area contributed by atoms with Crippen molar-refractivity contribution < 1.29 is 13.3 Å². The van der Waals surface area contributed by atoms with Crippen molar-refractivity contribution in [3.8, 4) is 0 Å². The SMILES string of the molecule is CCC(C)NS(=O)(=O)c1ccccc1[N+](=O)[O-]. The first-order valence-corrected chi connectivity index (χ1v) is 6.62. The minimum absolute atomic E-state index is 0.264. The normalized spacial score (nSPS) is 13.3. The molecule has 0 aliphatic rings. The highest BCUT2D eigenvalue weighted by Crippen LogP contribution is 2.22. The van der Waals surface area contributed by atoms with Gasteiger partial charge in [0.15, 0.2) is 4.90 Å². The van der Waals surface area contributed by atoms with Crippen LogP contribution in [0.4, 0.5) is 5.69 Å². The fourth-order valence-corrected chi connectivity index (χ4v) is 2.75. The Morgan fingerprint density at radius 1 is 1.41 bits per heavy atom. The third kappa shape index (κ3) is 3.24. The van der Waals surface area contributed by atoms with E-state index in [0.717, 1.165) is 0 Å². The van der Waals surface area contributed by atoms with Crippen LogP contribution in [0.3, 0.4) is 0 Å². The topological polar surface area (TPSA) is 89.3 Å². The first-order valence-electron chi connectivity index (χ1n) is 5.14. The van der Waals surface area contributed by atoms with Crippen LogP contribution in [0.5, 0.6) is 0 Å². The quantitative estimate of drug-likeness (QED) is 0.642. The van der Waals surface area contributed by atoms with Crippen LogP contribution in [0, 0.1) is 10.1 Å². The number of benzene rings is 1. The van der Waals surface area contributed by atoms with Gasteiger partial charge in [-0.1, -0.05) is 19.1 Å². The summed E-state index contributed by atoms with van der Waals surface area (Å²) in [6, 6.07) is 5.02. The van der Waals surface area contributed by atoms with Gasteiger partial charge in [-0.05, 0) is 19.4 Å². The molecule has 1 rings (SSSR count). The first-order chi connectivity index (χ1) is 7.88. The van der Waals surface area contributed by atoms with E-state index in [4.69, 9.17) is 0 Å². The molecule has 17 heavy (non-hydrogen) atoms. The second kappa shape index (κ2) is 5.24. The van der Waals surface area contributed by atoms with Crippen LogP contribution in [0.25, 0.3) is 0 Å². The molecule has 0 saturated heterocycles. The maximum absolute atomic E-state index is 11.9. The van der Waals surface area contributed by atoms with Gasteiger partial charge >= 0.3 is 0 Å². The van der Waals surface area contributed by atoms with Crippen LogP contribution >= 0.6 is 0 Å². The van der Waals surface area contributed by atoms with E-state index in [-0.39, 0.29) is 10.9 Å². The summed E-state index contributed by atoms with van der Waals surface area (Å²) in [6.07, 6.45) is 0.611. The van der Waals surface area contributed by atoms with E-state index in [9.17, 15) is 18.5 Å². The lowest BCUT2D eigenvalue weighted by atomic mass is 10.3. The number of nitro benzene ring substituents is 1. The molecule has 1 atom stereocenters. The van der Waals surface area contributed by atoms with E-state index < -0.39 is 20.6 Å². The molecule has 1 unspecified atom stereocenters. The zero-order valence-electron chi connectivity index (χ0n) is 9.58. The Labute approximate surface area is 99.9 Å². The lowest BCUT2D eigenvalue weighted by Crippen LogP contribution is -2.32. The molecular formula is C10H14N2O4S. The summed E-state index contributed by atoms with van der Waals surface area (Å²) in [5.41, 5.74) is -0.414. The summed E-state index contributed by atoms with van der Waals surface area (Å²) in [5.74, 6) is 0. The predicted octanol–water partition coefficient (Wildman–Crippen LogP) is 1.67. The monoisotopic (exact) mass is 258 g/mol. The van der Waals surface area contributed by atoms with Crippen molar-refractivity contribution in [1.82, 2.24) is 4.72 Å². The highest BCUT2D eigenvalue weighted by atomic mass is 32.2. The molecule has 94 valence electrons. The molecule has 0 aliphatic heterocycles. The Morgan fingerprint density at radius 3 is 2.53 bits per heavy atom. The molecule has 1 N–H and O–H groups in total. The second-order valence-electron chi connectivity index (χ2n) is 3.66. The van der Waals surface area contributed by atoms with Gasteiger partial charge in [0.05, 0.1) is 4.92 Å². The summed E-state index contributed by atoms with van der Waals surface area (Å²) in [4.78, 5) is 9.73. The molecular weight excluding hydrogens is 244 g/mol. The molecule has 1 aromatic carbocycles. The minimum Gasteiger partial charge on any atom is -0.258 e. The third-order valence-corrected chi connectivity index (χ3v) is 3.96. The Hall–Kier alpha value is -1.47. The largest absolute Gasteiger partial charge is 0.289 e. The number of hydrogen-bond donors (Lipinski definition) is 1. The molecule has 0 amide bonds. The fraction of sp³-hybridized carbons (Fsp3) is 0.400. The number of nitrogens with one attached hydrogen (secondary N) is 1.